The fraction of sp³-hybridized carbons (Fsp3) is 0.400. The molecule has 27 heavy (non-hydrogen) atoms. The van der Waals surface area contributed by atoms with Gasteiger partial charge in [-0.2, -0.15) is 13.2 Å². The molecule has 2 saturated heterocycles. The molecule has 4 rings (SSSR count). The smallest absolute Gasteiger partial charge is 0.344 e. The minimum absolute atomic E-state index is 0.0866. The Balaban J connectivity index is 1.65. The number of nitrogens with one attached hydrogen (secondary N) is 1. The first-order valence-electron chi connectivity index (χ1n) is 8.96. The van der Waals surface area contributed by atoms with Crippen LogP contribution in [0.2, 0.25) is 0 Å². The standard InChI is InChI=1S/C20H20F3N3O/c1-26-11-9-19(18(26)27)8-6-16(25-19)17-12-13(7-10-24-17)14-4-2-3-5-15(14)20(21,22)23/h2-5,7,10,12,16,25H,6,8-9,11H2,1H3/t16-,19+/m1/s1. The van der Waals surface area contributed by atoms with E-state index in [1.807, 2.05) is 0 Å². The predicted molar refractivity (Wildman–Crippen MR) is 94.8 cm³/mol. The number of likely N-dealkylation sites (tertiary alicyclic amines) is 1. The van der Waals surface area contributed by atoms with Crippen molar-refractivity contribution in [2.45, 2.75) is 37.0 Å². The molecule has 1 spiro atoms. The fourth-order valence-corrected chi connectivity index (χ4v) is 4.18. The van der Waals surface area contributed by atoms with Crippen molar-refractivity contribution in [3.05, 3.63) is 53.9 Å². The van der Waals surface area contributed by atoms with E-state index in [9.17, 15) is 18.0 Å². The lowest BCUT2D eigenvalue weighted by molar-refractivity contribution is -0.137. The molecule has 7 heteroatoms. The zero-order valence-corrected chi connectivity index (χ0v) is 14.9. The zero-order valence-electron chi connectivity index (χ0n) is 14.9. The highest BCUT2D eigenvalue weighted by Crippen LogP contribution is 2.40. The second kappa shape index (κ2) is 6.34. The molecule has 2 aliphatic rings. The number of hydrogen-bond donors (Lipinski definition) is 1. The van der Waals surface area contributed by atoms with E-state index >= 15 is 0 Å². The summed E-state index contributed by atoms with van der Waals surface area (Å²) >= 11 is 0. The second-order valence-corrected chi connectivity index (χ2v) is 7.31. The molecule has 3 heterocycles. The van der Waals surface area contributed by atoms with Crippen molar-refractivity contribution < 1.29 is 18.0 Å². The highest BCUT2D eigenvalue weighted by Gasteiger charge is 2.50. The van der Waals surface area contributed by atoms with Crippen LogP contribution >= 0.6 is 0 Å². The molecule has 1 aromatic carbocycles. The summed E-state index contributed by atoms with van der Waals surface area (Å²) in [6.07, 6.45) is -0.693. The molecule has 0 saturated carbocycles. The number of likely N-dealkylation sites (N-methyl/N-ethyl adjacent to an activating group) is 1. The van der Waals surface area contributed by atoms with Gasteiger partial charge < -0.3 is 4.90 Å². The molecule has 1 aromatic heterocycles. The average molecular weight is 375 g/mol. The summed E-state index contributed by atoms with van der Waals surface area (Å²) in [6, 6.07) is 8.70. The van der Waals surface area contributed by atoms with E-state index in [0.29, 0.717) is 24.2 Å². The van der Waals surface area contributed by atoms with Crippen molar-refractivity contribution >= 4 is 5.91 Å². The number of rotatable bonds is 2. The van der Waals surface area contributed by atoms with Crippen molar-refractivity contribution in [2.75, 3.05) is 13.6 Å². The third-order valence-electron chi connectivity index (χ3n) is 5.62. The molecule has 0 radical (unpaired) electrons. The third-order valence-corrected chi connectivity index (χ3v) is 5.62. The summed E-state index contributed by atoms with van der Waals surface area (Å²) in [5, 5.41) is 3.41. The molecular weight excluding hydrogens is 355 g/mol. The van der Waals surface area contributed by atoms with Crippen LogP contribution < -0.4 is 5.32 Å². The number of alkyl halides is 3. The van der Waals surface area contributed by atoms with Crippen molar-refractivity contribution in [1.82, 2.24) is 15.2 Å². The largest absolute Gasteiger partial charge is 0.417 e. The lowest BCUT2D eigenvalue weighted by Crippen LogP contribution is -2.47. The van der Waals surface area contributed by atoms with E-state index in [1.165, 1.54) is 18.3 Å². The summed E-state index contributed by atoms with van der Waals surface area (Å²) in [4.78, 5) is 18.6. The predicted octanol–water partition coefficient (Wildman–Crippen LogP) is 3.79. The Morgan fingerprint density at radius 2 is 2.00 bits per heavy atom. The molecule has 142 valence electrons. The van der Waals surface area contributed by atoms with Gasteiger partial charge in [0.15, 0.2) is 0 Å². The van der Waals surface area contributed by atoms with Gasteiger partial charge in [0, 0.05) is 19.8 Å². The lowest BCUT2D eigenvalue weighted by atomic mass is 9.96. The molecule has 0 unspecified atom stereocenters. The van der Waals surface area contributed by atoms with Gasteiger partial charge in [-0.05, 0) is 48.6 Å². The van der Waals surface area contributed by atoms with Crippen molar-refractivity contribution in [1.29, 1.82) is 0 Å². The van der Waals surface area contributed by atoms with Gasteiger partial charge in [0.25, 0.3) is 0 Å². The van der Waals surface area contributed by atoms with Gasteiger partial charge in [-0.1, -0.05) is 18.2 Å². The Hall–Kier alpha value is -2.41. The van der Waals surface area contributed by atoms with Crippen LogP contribution in [-0.2, 0) is 11.0 Å². The topological polar surface area (TPSA) is 45.2 Å². The quantitative estimate of drug-likeness (QED) is 0.869. The lowest BCUT2D eigenvalue weighted by Gasteiger charge is -2.23. The summed E-state index contributed by atoms with van der Waals surface area (Å²) < 4.78 is 40.0. The van der Waals surface area contributed by atoms with E-state index in [-0.39, 0.29) is 17.5 Å². The minimum Gasteiger partial charge on any atom is -0.344 e. The highest BCUT2D eigenvalue weighted by atomic mass is 19.4. The summed E-state index contributed by atoms with van der Waals surface area (Å²) in [7, 11) is 1.79. The number of amides is 1. The first kappa shape index (κ1) is 18.0. The first-order valence-corrected chi connectivity index (χ1v) is 8.96. The molecule has 0 aliphatic carbocycles. The van der Waals surface area contributed by atoms with Crippen molar-refractivity contribution in [3.63, 3.8) is 0 Å². The van der Waals surface area contributed by atoms with Crippen LogP contribution in [0.5, 0.6) is 0 Å². The second-order valence-electron chi connectivity index (χ2n) is 7.31. The molecule has 4 nitrogen and oxygen atoms in total. The minimum atomic E-state index is -4.42. The summed E-state index contributed by atoms with van der Waals surface area (Å²) in [5.74, 6) is 0.0866. The van der Waals surface area contributed by atoms with Crippen LogP contribution in [0.1, 0.15) is 36.6 Å². The highest BCUT2D eigenvalue weighted by molar-refractivity contribution is 5.88. The number of pyridine rings is 1. The van der Waals surface area contributed by atoms with E-state index in [1.54, 1.807) is 30.1 Å². The van der Waals surface area contributed by atoms with Gasteiger partial charge in [0.2, 0.25) is 5.91 Å². The average Bonchev–Trinajstić information content (AvgIpc) is 3.21. The number of hydrogen-bond acceptors (Lipinski definition) is 3. The summed E-state index contributed by atoms with van der Waals surface area (Å²) in [5.41, 5.74) is 0.0685. The first-order chi connectivity index (χ1) is 12.8. The number of carbonyl (C=O) groups is 1. The summed E-state index contributed by atoms with van der Waals surface area (Å²) in [6.45, 7) is 0.713. The van der Waals surface area contributed by atoms with E-state index in [0.717, 1.165) is 18.9 Å². The molecule has 2 atom stereocenters. The van der Waals surface area contributed by atoms with E-state index < -0.39 is 17.3 Å². The monoisotopic (exact) mass is 375 g/mol. The van der Waals surface area contributed by atoms with Gasteiger partial charge in [-0.3, -0.25) is 15.1 Å². The zero-order chi connectivity index (χ0) is 19.2. The van der Waals surface area contributed by atoms with Crippen molar-refractivity contribution in [3.8, 4) is 11.1 Å². The Morgan fingerprint density at radius 1 is 1.22 bits per heavy atom. The Morgan fingerprint density at radius 3 is 2.70 bits per heavy atom. The van der Waals surface area contributed by atoms with Crippen LogP contribution in [0.4, 0.5) is 13.2 Å². The number of aromatic nitrogens is 1. The van der Waals surface area contributed by atoms with E-state index in [2.05, 4.69) is 10.3 Å². The molecule has 1 N–H and O–H groups in total. The van der Waals surface area contributed by atoms with Crippen LogP contribution in [0.3, 0.4) is 0 Å². The molecule has 0 bridgehead atoms. The SMILES string of the molecule is CN1CC[C@@]2(CC[C@H](c3cc(-c4ccccc4C(F)(F)F)ccn3)N2)C1=O. The molecule has 2 fully saturated rings. The van der Waals surface area contributed by atoms with Crippen molar-refractivity contribution in [2.24, 2.45) is 0 Å². The van der Waals surface area contributed by atoms with Gasteiger partial charge >= 0.3 is 6.18 Å². The Kier molecular flexibility index (Phi) is 4.22. The maximum atomic E-state index is 13.3. The maximum Gasteiger partial charge on any atom is 0.417 e. The van der Waals surface area contributed by atoms with Gasteiger partial charge in [-0.15, -0.1) is 0 Å². The maximum absolute atomic E-state index is 13.3. The van der Waals surface area contributed by atoms with Crippen LogP contribution in [-0.4, -0.2) is 34.9 Å². The third kappa shape index (κ3) is 3.10. The van der Waals surface area contributed by atoms with E-state index in [4.69, 9.17) is 0 Å². The van der Waals surface area contributed by atoms with Gasteiger partial charge in [0.05, 0.1) is 17.3 Å². The Labute approximate surface area is 155 Å². The Bertz CT molecular complexity index is 883. The number of benzene rings is 1. The normalized spacial score (nSPS) is 25.6. The molecular formula is C20H20F3N3O. The van der Waals surface area contributed by atoms with Crippen LogP contribution in [0.15, 0.2) is 42.6 Å². The molecule has 1 amide bonds. The van der Waals surface area contributed by atoms with Crippen LogP contribution in [0, 0.1) is 0 Å². The van der Waals surface area contributed by atoms with Gasteiger partial charge in [-0.25, -0.2) is 0 Å². The number of carbonyl (C=O) groups excluding carboxylic acids is 1. The van der Waals surface area contributed by atoms with Crippen LogP contribution in [0.25, 0.3) is 11.1 Å². The fourth-order valence-electron chi connectivity index (χ4n) is 4.18. The number of nitrogens with zero attached hydrogens (tertiary/aromatic N) is 2. The molecule has 2 aromatic rings. The molecule has 2 aliphatic heterocycles. The number of halogens is 3. The van der Waals surface area contributed by atoms with Gasteiger partial charge in [0.1, 0.15) is 5.54 Å².